The molecular formula is C10H8BrClO2. The van der Waals surface area contributed by atoms with Crippen molar-refractivity contribution in [3.05, 3.63) is 33.8 Å². The van der Waals surface area contributed by atoms with Gasteiger partial charge in [-0.2, -0.15) is 0 Å². The second-order valence-electron chi connectivity index (χ2n) is 2.72. The summed E-state index contributed by atoms with van der Waals surface area (Å²) >= 11 is 8.67. The van der Waals surface area contributed by atoms with Gasteiger partial charge in [-0.25, -0.2) is 0 Å². The van der Waals surface area contributed by atoms with Gasteiger partial charge < -0.3 is 0 Å². The molecule has 0 saturated heterocycles. The highest BCUT2D eigenvalue weighted by molar-refractivity contribution is 9.10. The van der Waals surface area contributed by atoms with E-state index >= 15 is 0 Å². The second-order valence-corrected chi connectivity index (χ2v) is 3.95. The molecule has 0 spiro atoms. The van der Waals surface area contributed by atoms with Crippen LogP contribution in [0.2, 0.25) is 0 Å². The molecule has 74 valence electrons. The maximum atomic E-state index is 11.4. The number of Topliss-reactive ketones (excluding diaryl/α,β-unsaturated/α-hetero) is 1. The molecule has 0 saturated carbocycles. The third-order valence-electron chi connectivity index (χ3n) is 1.77. The predicted octanol–water partition coefficient (Wildman–Crippen LogP) is 3.07. The summed E-state index contributed by atoms with van der Waals surface area (Å²) in [5.41, 5.74) is 1.11. The summed E-state index contributed by atoms with van der Waals surface area (Å²) in [6.07, 6.45) is 1.05. The van der Waals surface area contributed by atoms with Crippen LogP contribution in [-0.2, 0) is 0 Å². The Bertz CT molecular complexity index is 363. The van der Waals surface area contributed by atoms with E-state index in [1.54, 1.807) is 18.2 Å². The summed E-state index contributed by atoms with van der Waals surface area (Å²) in [5.74, 6) is 0.296. The van der Waals surface area contributed by atoms with Gasteiger partial charge in [0, 0.05) is 27.9 Å². The van der Waals surface area contributed by atoms with Crippen molar-refractivity contribution in [1.82, 2.24) is 0 Å². The number of benzene rings is 1. The zero-order valence-electron chi connectivity index (χ0n) is 7.30. The lowest BCUT2D eigenvalue weighted by atomic mass is 10.1. The molecule has 1 rings (SSSR count). The van der Waals surface area contributed by atoms with Gasteiger partial charge in [0.05, 0.1) is 0 Å². The van der Waals surface area contributed by atoms with Crippen LogP contribution in [0, 0.1) is 0 Å². The Labute approximate surface area is 95.4 Å². The molecular weight excluding hydrogens is 267 g/mol. The maximum absolute atomic E-state index is 11.4. The summed E-state index contributed by atoms with van der Waals surface area (Å²) < 4.78 is 0.632. The van der Waals surface area contributed by atoms with E-state index in [4.69, 9.17) is 11.6 Å². The van der Waals surface area contributed by atoms with Crippen LogP contribution in [0.3, 0.4) is 0 Å². The molecule has 0 aliphatic rings. The van der Waals surface area contributed by atoms with Crippen molar-refractivity contribution in [3.63, 3.8) is 0 Å². The molecule has 1 aromatic rings. The monoisotopic (exact) mass is 274 g/mol. The Morgan fingerprint density at radius 3 is 2.71 bits per heavy atom. The molecule has 0 unspecified atom stereocenters. The highest BCUT2D eigenvalue weighted by Crippen LogP contribution is 2.18. The SMILES string of the molecule is O=Cc1ccc(C(=O)CCCl)cc1Br. The first-order chi connectivity index (χ1) is 6.69. The number of carbonyl (C=O) groups is 2. The second kappa shape index (κ2) is 5.27. The Kier molecular flexibility index (Phi) is 4.29. The molecule has 0 aliphatic carbocycles. The van der Waals surface area contributed by atoms with Crippen molar-refractivity contribution in [2.45, 2.75) is 6.42 Å². The average Bonchev–Trinajstić information content (AvgIpc) is 2.18. The average molecular weight is 276 g/mol. The van der Waals surface area contributed by atoms with E-state index < -0.39 is 0 Å². The van der Waals surface area contributed by atoms with Gasteiger partial charge in [0.15, 0.2) is 12.1 Å². The van der Waals surface area contributed by atoms with Crippen LogP contribution in [0.15, 0.2) is 22.7 Å². The van der Waals surface area contributed by atoms with Crippen LogP contribution in [0.1, 0.15) is 27.1 Å². The molecule has 0 aromatic heterocycles. The number of aldehydes is 1. The van der Waals surface area contributed by atoms with Crippen LogP contribution >= 0.6 is 27.5 Å². The van der Waals surface area contributed by atoms with Crippen LogP contribution < -0.4 is 0 Å². The fraction of sp³-hybridized carbons (Fsp3) is 0.200. The van der Waals surface area contributed by atoms with Gasteiger partial charge >= 0.3 is 0 Å². The normalized spacial score (nSPS) is 9.86. The van der Waals surface area contributed by atoms with Crippen molar-refractivity contribution in [2.75, 3.05) is 5.88 Å². The van der Waals surface area contributed by atoms with Gasteiger partial charge in [-0.1, -0.05) is 22.0 Å². The summed E-state index contributed by atoms with van der Waals surface area (Å²) in [4.78, 5) is 21.9. The molecule has 14 heavy (non-hydrogen) atoms. The third-order valence-corrected chi connectivity index (χ3v) is 2.65. The largest absolute Gasteiger partial charge is 0.298 e. The molecule has 0 N–H and O–H groups in total. The summed E-state index contributed by atoms with van der Waals surface area (Å²) in [5, 5.41) is 0. The first-order valence-electron chi connectivity index (χ1n) is 4.03. The molecule has 0 bridgehead atoms. The van der Waals surface area contributed by atoms with Crippen LogP contribution in [-0.4, -0.2) is 17.9 Å². The topological polar surface area (TPSA) is 34.1 Å². The van der Waals surface area contributed by atoms with Gasteiger partial charge in [-0.05, 0) is 12.1 Å². The lowest BCUT2D eigenvalue weighted by Gasteiger charge is -2.01. The molecule has 0 heterocycles. The summed E-state index contributed by atoms with van der Waals surface area (Å²) in [6.45, 7) is 0. The van der Waals surface area contributed by atoms with E-state index in [0.29, 0.717) is 27.9 Å². The number of carbonyl (C=O) groups excluding carboxylic acids is 2. The van der Waals surface area contributed by atoms with Gasteiger partial charge in [-0.15, -0.1) is 11.6 Å². The third kappa shape index (κ3) is 2.66. The van der Waals surface area contributed by atoms with Crippen molar-refractivity contribution < 1.29 is 9.59 Å². The fourth-order valence-electron chi connectivity index (χ4n) is 1.03. The minimum Gasteiger partial charge on any atom is -0.298 e. The van der Waals surface area contributed by atoms with Gasteiger partial charge in [-0.3, -0.25) is 9.59 Å². The number of halogens is 2. The molecule has 0 atom stereocenters. The maximum Gasteiger partial charge on any atom is 0.164 e. The van der Waals surface area contributed by atoms with E-state index in [2.05, 4.69) is 15.9 Å². The lowest BCUT2D eigenvalue weighted by Crippen LogP contribution is -2.00. The van der Waals surface area contributed by atoms with E-state index in [9.17, 15) is 9.59 Å². The van der Waals surface area contributed by atoms with Crippen LogP contribution in [0.4, 0.5) is 0 Å². The molecule has 2 nitrogen and oxygen atoms in total. The first kappa shape index (κ1) is 11.4. The van der Waals surface area contributed by atoms with Crippen molar-refractivity contribution >= 4 is 39.6 Å². The van der Waals surface area contributed by atoms with E-state index in [0.717, 1.165) is 6.29 Å². The summed E-state index contributed by atoms with van der Waals surface area (Å²) in [7, 11) is 0. The van der Waals surface area contributed by atoms with Crippen molar-refractivity contribution in [2.24, 2.45) is 0 Å². The highest BCUT2D eigenvalue weighted by Gasteiger charge is 2.07. The Balaban J connectivity index is 2.96. The van der Waals surface area contributed by atoms with Crippen LogP contribution in [0.5, 0.6) is 0 Å². The number of rotatable bonds is 4. The number of alkyl halides is 1. The first-order valence-corrected chi connectivity index (χ1v) is 5.35. The molecule has 1 aromatic carbocycles. The Morgan fingerprint density at radius 1 is 1.50 bits per heavy atom. The van der Waals surface area contributed by atoms with Crippen molar-refractivity contribution in [3.8, 4) is 0 Å². The Morgan fingerprint density at radius 2 is 2.21 bits per heavy atom. The highest BCUT2D eigenvalue weighted by atomic mass is 79.9. The van der Waals surface area contributed by atoms with Gasteiger partial charge in [0.2, 0.25) is 0 Å². The van der Waals surface area contributed by atoms with Gasteiger partial charge in [0.1, 0.15) is 0 Å². The van der Waals surface area contributed by atoms with E-state index in [1.165, 1.54) is 0 Å². The fourth-order valence-corrected chi connectivity index (χ4v) is 1.67. The molecule has 0 fully saturated rings. The van der Waals surface area contributed by atoms with Crippen LogP contribution in [0.25, 0.3) is 0 Å². The minimum absolute atomic E-state index is 0.0156. The molecule has 4 heteroatoms. The summed E-state index contributed by atoms with van der Waals surface area (Å²) in [6, 6.07) is 4.88. The minimum atomic E-state index is -0.0156. The Hall–Kier alpha value is -0.670. The predicted molar refractivity (Wildman–Crippen MR) is 59.2 cm³/mol. The molecule has 0 amide bonds. The van der Waals surface area contributed by atoms with E-state index in [-0.39, 0.29) is 5.78 Å². The molecule has 0 radical (unpaired) electrons. The molecule has 0 aliphatic heterocycles. The zero-order chi connectivity index (χ0) is 10.6. The quantitative estimate of drug-likeness (QED) is 0.481. The number of hydrogen-bond donors (Lipinski definition) is 0. The lowest BCUT2D eigenvalue weighted by molar-refractivity contribution is 0.0988. The number of ketones is 1. The van der Waals surface area contributed by atoms with E-state index in [1.807, 2.05) is 0 Å². The smallest absolute Gasteiger partial charge is 0.164 e. The van der Waals surface area contributed by atoms with Crippen molar-refractivity contribution in [1.29, 1.82) is 0 Å². The standard InChI is InChI=1S/C10H8BrClO2/c11-9-5-7(10(14)3-4-12)1-2-8(9)6-13/h1-2,5-6H,3-4H2. The zero-order valence-corrected chi connectivity index (χ0v) is 9.64. The number of hydrogen-bond acceptors (Lipinski definition) is 2. The van der Waals surface area contributed by atoms with Gasteiger partial charge in [0.25, 0.3) is 0 Å².